The highest BCUT2D eigenvalue weighted by atomic mass is 16.2. The molecule has 1 aliphatic rings. The molecule has 2 amide bonds. The van der Waals surface area contributed by atoms with Gasteiger partial charge in [-0.05, 0) is 24.7 Å². The van der Waals surface area contributed by atoms with Crippen molar-refractivity contribution >= 4 is 6.03 Å². The van der Waals surface area contributed by atoms with E-state index in [4.69, 9.17) is 5.73 Å². The molecule has 4 N–H and O–H groups in total. The van der Waals surface area contributed by atoms with Crippen molar-refractivity contribution in [1.29, 1.82) is 0 Å². The molecule has 4 heteroatoms. The molecule has 4 nitrogen and oxygen atoms in total. The van der Waals surface area contributed by atoms with Gasteiger partial charge in [-0.2, -0.15) is 0 Å². The van der Waals surface area contributed by atoms with E-state index in [0.29, 0.717) is 12.6 Å². The first-order chi connectivity index (χ1) is 7.87. The Balaban J connectivity index is 2.14. The van der Waals surface area contributed by atoms with Crippen LogP contribution in [0.4, 0.5) is 4.79 Å². The maximum absolute atomic E-state index is 11.6. The number of urea groups is 1. The number of hydrogen-bond donors (Lipinski definition) is 3. The van der Waals surface area contributed by atoms with Crippen molar-refractivity contribution in [2.24, 2.45) is 11.1 Å². The van der Waals surface area contributed by atoms with Crippen LogP contribution in [-0.2, 0) is 0 Å². The van der Waals surface area contributed by atoms with Gasteiger partial charge in [0.1, 0.15) is 0 Å². The summed E-state index contributed by atoms with van der Waals surface area (Å²) in [5.41, 5.74) is 6.19. The second-order valence-corrected chi connectivity index (χ2v) is 6.36. The molecule has 1 unspecified atom stereocenters. The summed E-state index contributed by atoms with van der Waals surface area (Å²) in [6, 6.07) is 0.333. The largest absolute Gasteiger partial charge is 0.337 e. The first kappa shape index (κ1) is 14.3. The van der Waals surface area contributed by atoms with E-state index >= 15 is 0 Å². The minimum atomic E-state index is -0.0683. The summed E-state index contributed by atoms with van der Waals surface area (Å²) in [7, 11) is 0. The van der Waals surface area contributed by atoms with E-state index in [1.54, 1.807) is 0 Å². The van der Waals surface area contributed by atoms with Crippen LogP contribution < -0.4 is 16.4 Å². The van der Waals surface area contributed by atoms with Crippen molar-refractivity contribution in [3.05, 3.63) is 0 Å². The van der Waals surface area contributed by atoms with Gasteiger partial charge in [0.05, 0.1) is 0 Å². The Labute approximate surface area is 105 Å². The van der Waals surface area contributed by atoms with Gasteiger partial charge in [-0.1, -0.05) is 33.6 Å². The zero-order valence-electron chi connectivity index (χ0n) is 11.4. The zero-order chi connectivity index (χ0) is 12.9. The van der Waals surface area contributed by atoms with E-state index in [1.165, 1.54) is 12.8 Å². The molecule has 1 fully saturated rings. The minimum absolute atomic E-state index is 0.0318. The van der Waals surface area contributed by atoms with Gasteiger partial charge in [0.2, 0.25) is 0 Å². The summed E-state index contributed by atoms with van der Waals surface area (Å²) < 4.78 is 0. The normalized spacial score (nSPS) is 19.1. The first-order valence-electron chi connectivity index (χ1n) is 6.67. The van der Waals surface area contributed by atoms with Crippen molar-refractivity contribution in [3.63, 3.8) is 0 Å². The molecule has 0 radical (unpaired) electrons. The standard InChI is InChI=1S/C13H27N3O/c1-13(2,3)8-10(14)9-15-12(17)16-11-6-4-5-7-11/h10-11H,4-9,14H2,1-3H3,(H2,15,16,17). The third-order valence-electron chi connectivity index (χ3n) is 3.09. The number of amides is 2. The molecule has 1 saturated carbocycles. The predicted molar refractivity (Wildman–Crippen MR) is 70.8 cm³/mol. The van der Waals surface area contributed by atoms with Gasteiger partial charge < -0.3 is 16.4 Å². The first-order valence-corrected chi connectivity index (χ1v) is 6.67. The smallest absolute Gasteiger partial charge is 0.315 e. The summed E-state index contributed by atoms with van der Waals surface area (Å²) in [5.74, 6) is 0. The molecule has 0 saturated heterocycles. The van der Waals surface area contributed by atoms with Crippen LogP contribution in [0.15, 0.2) is 0 Å². The van der Waals surface area contributed by atoms with E-state index in [9.17, 15) is 4.79 Å². The predicted octanol–water partition coefficient (Wildman–Crippen LogP) is 1.99. The van der Waals surface area contributed by atoms with Crippen LogP contribution in [0.5, 0.6) is 0 Å². The van der Waals surface area contributed by atoms with Gasteiger partial charge in [0.25, 0.3) is 0 Å². The van der Waals surface area contributed by atoms with Crippen LogP contribution in [0.25, 0.3) is 0 Å². The quantitative estimate of drug-likeness (QED) is 0.704. The van der Waals surface area contributed by atoms with Crippen molar-refractivity contribution in [2.45, 2.75) is 65.0 Å². The summed E-state index contributed by atoms with van der Waals surface area (Å²) in [4.78, 5) is 11.6. The fraction of sp³-hybridized carbons (Fsp3) is 0.923. The SMILES string of the molecule is CC(C)(C)CC(N)CNC(=O)NC1CCCC1. The molecule has 17 heavy (non-hydrogen) atoms. The summed E-state index contributed by atoms with van der Waals surface area (Å²) in [6.45, 7) is 7.03. The molecule has 0 aromatic rings. The van der Waals surface area contributed by atoms with Crippen molar-refractivity contribution in [1.82, 2.24) is 10.6 Å². The Bertz CT molecular complexity index is 242. The average molecular weight is 241 g/mol. The Morgan fingerprint density at radius 1 is 1.35 bits per heavy atom. The Hall–Kier alpha value is -0.770. The van der Waals surface area contributed by atoms with Crippen molar-refractivity contribution in [2.75, 3.05) is 6.54 Å². The van der Waals surface area contributed by atoms with Gasteiger partial charge in [-0.25, -0.2) is 4.79 Å². The van der Waals surface area contributed by atoms with Crippen LogP contribution in [0.2, 0.25) is 0 Å². The number of nitrogens with two attached hydrogens (primary N) is 1. The fourth-order valence-corrected chi connectivity index (χ4v) is 2.39. The maximum Gasteiger partial charge on any atom is 0.315 e. The number of nitrogens with one attached hydrogen (secondary N) is 2. The highest BCUT2D eigenvalue weighted by Crippen LogP contribution is 2.19. The monoisotopic (exact) mass is 241 g/mol. The Morgan fingerprint density at radius 2 is 1.94 bits per heavy atom. The molecule has 0 bridgehead atoms. The number of carbonyl (C=O) groups is 1. The third kappa shape index (κ3) is 6.51. The maximum atomic E-state index is 11.6. The van der Waals surface area contributed by atoms with Gasteiger partial charge in [0, 0.05) is 18.6 Å². The molecule has 100 valence electrons. The van der Waals surface area contributed by atoms with Crippen molar-refractivity contribution < 1.29 is 4.79 Å². The molecule has 1 rings (SSSR count). The van der Waals surface area contributed by atoms with Crippen LogP contribution in [0.3, 0.4) is 0 Å². The van der Waals surface area contributed by atoms with Crippen molar-refractivity contribution in [3.8, 4) is 0 Å². The Morgan fingerprint density at radius 3 is 2.47 bits per heavy atom. The van der Waals surface area contributed by atoms with Gasteiger partial charge in [-0.15, -0.1) is 0 Å². The van der Waals surface area contributed by atoms with Gasteiger partial charge in [-0.3, -0.25) is 0 Å². The lowest BCUT2D eigenvalue weighted by molar-refractivity contribution is 0.234. The molecule has 0 aliphatic heterocycles. The van der Waals surface area contributed by atoms with Crippen LogP contribution in [0.1, 0.15) is 52.9 Å². The van der Waals surface area contributed by atoms with E-state index < -0.39 is 0 Å². The average Bonchev–Trinajstić information content (AvgIpc) is 2.64. The topological polar surface area (TPSA) is 67.1 Å². The molecule has 0 aromatic carbocycles. The zero-order valence-corrected chi connectivity index (χ0v) is 11.4. The van der Waals surface area contributed by atoms with E-state index in [0.717, 1.165) is 19.3 Å². The molecular formula is C13H27N3O. The van der Waals surface area contributed by atoms with E-state index in [1.807, 2.05) is 0 Å². The summed E-state index contributed by atoms with van der Waals surface area (Å²) in [6.07, 6.45) is 5.60. The highest BCUT2D eigenvalue weighted by Gasteiger charge is 2.18. The molecule has 0 heterocycles. The van der Waals surface area contributed by atoms with Gasteiger partial charge in [0.15, 0.2) is 0 Å². The highest BCUT2D eigenvalue weighted by molar-refractivity contribution is 5.74. The number of rotatable bonds is 4. The lowest BCUT2D eigenvalue weighted by atomic mass is 9.88. The molecule has 0 aromatic heterocycles. The van der Waals surface area contributed by atoms with Gasteiger partial charge >= 0.3 is 6.03 Å². The second-order valence-electron chi connectivity index (χ2n) is 6.36. The minimum Gasteiger partial charge on any atom is -0.337 e. The van der Waals surface area contributed by atoms with E-state index in [2.05, 4.69) is 31.4 Å². The van der Waals surface area contributed by atoms with Crippen LogP contribution in [0, 0.1) is 5.41 Å². The fourth-order valence-electron chi connectivity index (χ4n) is 2.39. The molecule has 1 atom stereocenters. The van der Waals surface area contributed by atoms with E-state index in [-0.39, 0.29) is 17.5 Å². The lowest BCUT2D eigenvalue weighted by Gasteiger charge is -2.23. The second kappa shape index (κ2) is 6.24. The molecular weight excluding hydrogens is 214 g/mol. The molecule has 1 aliphatic carbocycles. The third-order valence-corrected chi connectivity index (χ3v) is 3.09. The number of hydrogen-bond acceptors (Lipinski definition) is 2. The van der Waals surface area contributed by atoms with Crippen LogP contribution in [-0.4, -0.2) is 24.7 Å². The Kier molecular flexibility index (Phi) is 5.25. The molecule has 0 spiro atoms. The lowest BCUT2D eigenvalue weighted by Crippen LogP contribution is -2.46. The van der Waals surface area contributed by atoms with Crippen LogP contribution >= 0.6 is 0 Å². The summed E-state index contributed by atoms with van der Waals surface area (Å²) in [5, 5.41) is 5.85. The summed E-state index contributed by atoms with van der Waals surface area (Å²) >= 11 is 0. The number of carbonyl (C=O) groups excluding carboxylic acids is 1.